The summed E-state index contributed by atoms with van der Waals surface area (Å²) in [5, 5.41) is 35.6. The number of nitrogens with one attached hydrogen (secondary N) is 1. The number of nitrogen functional groups attached to an aromatic ring is 1. The molecule has 0 aliphatic carbocycles. The summed E-state index contributed by atoms with van der Waals surface area (Å²) in [6.07, 6.45) is 3.18. The number of β-lactam (4-membered cyclic amide) rings is 1. The van der Waals surface area contributed by atoms with Gasteiger partial charge in [0, 0.05) is 17.7 Å². The van der Waals surface area contributed by atoms with E-state index in [1.54, 1.807) is 30.3 Å². The molecule has 3 atom stereocenters. The van der Waals surface area contributed by atoms with Crippen molar-refractivity contribution < 1.29 is 34.2 Å². The van der Waals surface area contributed by atoms with E-state index in [9.17, 15) is 29.4 Å². The molecule has 2 aromatic rings. The Morgan fingerprint density at radius 3 is 2.60 bits per heavy atom. The van der Waals surface area contributed by atoms with Crippen LogP contribution < -0.4 is 11.1 Å². The van der Waals surface area contributed by atoms with E-state index in [1.165, 1.54) is 42.0 Å². The lowest BCUT2D eigenvalue weighted by Crippen LogP contribution is -2.73. The van der Waals surface area contributed by atoms with Crippen LogP contribution in [0.5, 0.6) is 0 Å². The van der Waals surface area contributed by atoms with Crippen LogP contribution in [0.2, 0.25) is 0 Å². The highest BCUT2D eigenvalue weighted by molar-refractivity contribution is 8.00. The number of aromatic nitrogens is 1. The predicted molar refractivity (Wildman–Crippen MR) is 146 cm³/mol. The molecule has 4 rings (SSSR count). The number of hydrogen-bond acceptors (Lipinski definition) is 11. The lowest BCUT2D eigenvalue weighted by Gasteiger charge is -2.53. The number of benzene rings is 1. The molecule has 2 aliphatic rings. The summed E-state index contributed by atoms with van der Waals surface area (Å²) >= 11 is 2.24. The molecule has 15 heteroatoms. The van der Waals surface area contributed by atoms with Gasteiger partial charge in [-0.1, -0.05) is 29.4 Å². The SMILES string of the molecule is CC(C)(ON=C(C(=O)NC1C(=O)N2CC(C=Cc3ccc(C#N)cc3)(C(=O)O)CS[C@H]12)c1csc(N)n1)C(=O)O. The standard InChI is InChI=1S/C25H24N6O7S2/c1-24(2,21(34)35)38-30-16(15-10-39-23(27)28-15)18(32)29-17-19(33)31-11-25(22(36)37,12-40-20(17)31)8-7-13-3-5-14(9-26)6-4-13/h3-8,10,17,20H,11-12H2,1-2H3,(H2,27,28)(H,29,32)(H,34,35)(H,36,37)/t17?,20-,25?/m1/s1. The Morgan fingerprint density at radius 1 is 1.32 bits per heavy atom. The molecule has 0 radical (unpaired) electrons. The molecule has 1 aromatic heterocycles. The number of carbonyl (C=O) groups is 4. The molecule has 5 N–H and O–H groups in total. The third-order valence-corrected chi connectivity index (χ3v) is 8.54. The number of nitriles is 1. The van der Waals surface area contributed by atoms with Gasteiger partial charge in [-0.05, 0) is 31.5 Å². The van der Waals surface area contributed by atoms with Gasteiger partial charge in [0.2, 0.25) is 11.5 Å². The zero-order chi connectivity index (χ0) is 29.2. The number of thiazole rings is 1. The first-order chi connectivity index (χ1) is 18.9. The van der Waals surface area contributed by atoms with Crippen molar-refractivity contribution in [3.8, 4) is 6.07 Å². The maximum absolute atomic E-state index is 13.2. The van der Waals surface area contributed by atoms with Crippen molar-refractivity contribution in [1.82, 2.24) is 15.2 Å². The van der Waals surface area contributed by atoms with E-state index in [2.05, 4.69) is 15.5 Å². The largest absolute Gasteiger partial charge is 0.481 e. The average Bonchev–Trinajstić information content (AvgIpc) is 3.36. The minimum absolute atomic E-state index is 0.0407. The maximum atomic E-state index is 13.2. The van der Waals surface area contributed by atoms with Crippen LogP contribution in [0.3, 0.4) is 0 Å². The van der Waals surface area contributed by atoms with Gasteiger partial charge in [0.15, 0.2) is 10.8 Å². The summed E-state index contributed by atoms with van der Waals surface area (Å²) in [5.74, 6) is -3.59. The summed E-state index contributed by atoms with van der Waals surface area (Å²) in [6.45, 7) is 2.40. The fraction of sp³-hybridized carbons (Fsp3) is 0.320. The Labute approximate surface area is 236 Å². The molecule has 3 heterocycles. The molecule has 0 spiro atoms. The molecule has 0 saturated carbocycles. The first kappa shape index (κ1) is 28.6. The molecular formula is C25H24N6O7S2. The summed E-state index contributed by atoms with van der Waals surface area (Å²) in [5.41, 5.74) is 3.42. The Bertz CT molecular complexity index is 1460. The van der Waals surface area contributed by atoms with E-state index in [1.807, 2.05) is 6.07 Å². The molecule has 2 saturated heterocycles. The number of aliphatic carboxylic acids is 2. The van der Waals surface area contributed by atoms with E-state index < -0.39 is 46.2 Å². The van der Waals surface area contributed by atoms with Crippen molar-refractivity contribution in [1.29, 1.82) is 5.26 Å². The lowest BCUT2D eigenvalue weighted by atomic mass is 9.86. The summed E-state index contributed by atoms with van der Waals surface area (Å²) < 4.78 is 0. The molecular weight excluding hydrogens is 560 g/mol. The second kappa shape index (κ2) is 11.0. The van der Waals surface area contributed by atoms with Gasteiger partial charge in [-0.3, -0.25) is 14.4 Å². The van der Waals surface area contributed by atoms with Gasteiger partial charge < -0.3 is 31.0 Å². The van der Waals surface area contributed by atoms with Gasteiger partial charge in [-0.15, -0.1) is 23.1 Å². The number of rotatable bonds is 9. The number of fused-ring (bicyclic) bond motifs is 1. The number of thioether (sulfide) groups is 1. The lowest BCUT2D eigenvalue weighted by molar-refractivity contribution is -0.161. The number of oxime groups is 1. The third-order valence-electron chi connectivity index (χ3n) is 6.31. The van der Waals surface area contributed by atoms with E-state index in [0.29, 0.717) is 11.1 Å². The normalized spacial score (nSPS) is 22.7. The van der Waals surface area contributed by atoms with Crippen LogP contribution in [-0.4, -0.2) is 78.9 Å². The minimum atomic E-state index is -1.75. The average molecular weight is 585 g/mol. The number of carboxylic acid groups (broad SMARTS) is 2. The van der Waals surface area contributed by atoms with Gasteiger partial charge in [-0.2, -0.15) is 5.26 Å². The van der Waals surface area contributed by atoms with Crippen molar-refractivity contribution in [2.45, 2.75) is 30.9 Å². The quantitative estimate of drug-likeness (QED) is 0.188. The van der Waals surface area contributed by atoms with Crippen molar-refractivity contribution in [3.05, 3.63) is 52.5 Å². The van der Waals surface area contributed by atoms with Crippen molar-refractivity contribution >= 4 is 63.8 Å². The van der Waals surface area contributed by atoms with Crippen LogP contribution in [0.4, 0.5) is 5.13 Å². The van der Waals surface area contributed by atoms with Crippen LogP contribution in [0.15, 0.2) is 40.9 Å². The molecule has 2 aliphatic heterocycles. The third kappa shape index (κ3) is 5.63. The van der Waals surface area contributed by atoms with Crippen molar-refractivity contribution in [2.75, 3.05) is 18.0 Å². The number of carbonyl (C=O) groups excluding carboxylic acids is 2. The second-order valence-corrected chi connectivity index (χ2v) is 11.6. The number of nitrogens with two attached hydrogens (primary N) is 1. The van der Waals surface area contributed by atoms with Crippen LogP contribution in [0.1, 0.15) is 30.7 Å². The van der Waals surface area contributed by atoms with E-state index in [-0.39, 0.29) is 28.8 Å². The maximum Gasteiger partial charge on any atom is 0.350 e. The highest BCUT2D eigenvalue weighted by atomic mass is 32.2. The predicted octanol–water partition coefficient (Wildman–Crippen LogP) is 1.37. The fourth-order valence-electron chi connectivity index (χ4n) is 3.83. The smallest absolute Gasteiger partial charge is 0.350 e. The summed E-state index contributed by atoms with van der Waals surface area (Å²) in [6, 6.07) is 7.68. The number of anilines is 1. The molecule has 1 aromatic carbocycles. The van der Waals surface area contributed by atoms with Gasteiger partial charge >= 0.3 is 11.9 Å². The van der Waals surface area contributed by atoms with Gasteiger partial charge in [0.1, 0.15) is 22.5 Å². The molecule has 2 unspecified atom stereocenters. The Morgan fingerprint density at radius 2 is 2.02 bits per heavy atom. The zero-order valence-electron chi connectivity index (χ0n) is 21.2. The minimum Gasteiger partial charge on any atom is -0.481 e. The number of nitrogens with zero attached hydrogens (tertiary/aromatic N) is 4. The van der Waals surface area contributed by atoms with Crippen molar-refractivity contribution in [3.63, 3.8) is 0 Å². The highest BCUT2D eigenvalue weighted by Crippen LogP contribution is 2.43. The van der Waals surface area contributed by atoms with Gasteiger partial charge in [0.25, 0.3) is 5.91 Å². The first-order valence-electron chi connectivity index (χ1n) is 11.7. The topological polar surface area (TPSA) is 208 Å². The fourth-order valence-corrected chi connectivity index (χ4v) is 5.89. The number of amides is 2. The molecule has 208 valence electrons. The number of carboxylic acids is 2. The van der Waals surface area contributed by atoms with Crippen molar-refractivity contribution in [2.24, 2.45) is 10.6 Å². The van der Waals surface area contributed by atoms with E-state index >= 15 is 0 Å². The first-order valence-corrected chi connectivity index (χ1v) is 13.7. The summed E-state index contributed by atoms with van der Waals surface area (Å²) in [4.78, 5) is 60.3. The molecule has 40 heavy (non-hydrogen) atoms. The van der Waals surface area contributed by atoms with Crippen LogP contribution >= 0.6 is 23.1 Å². The molecule has 13 nitrogen and oxygen atoms in total. The van der Waals surface area contributed by atoms with E-state index in [0.717, 1.165) is 11.3 Å². The molecule has 2 amide bonds. The monoisotopic (exact) mass is 584 g/mol. The second-order valence-electron chi connectivity index (χ2n) is 9.56. The van der Waals surface area contributed by atoms with Crippen LogP contribution in [-0.2, 0) is 24.0 Å². The van der Waals surface area contributed by atoms with Crippen LogP contribution in [0, 0.1) is 16.7 Å². The Kier molecular flexibility index (Phi) is 7.85. The molecule has 0 bridgehead atoms. The van der Waals surface area contributed by atoms with Crippen LogP contribution in [0.25, 0.3) is 6.08 Å². The highest BCUT2D eigenvalue weighted by Gasteiger charge is 2.57. The molecule has 2 fully saturated rings. The zero-order valence-corrected chi connectivity index (χ0v) is 22.9. The Balaban J connectivity index is 1.49. The summed E-state index contributed by atoms with van der Waals surface area (Å²) in [7, 11) is 0. The van der Waals surface area contributed by atoms with E-state index in [4.69, 9.17) is 15.8 Å². The Hall–Kier alpha value is -4.42. The number of hydrogen-bond donors (Lipinski definition) is 4. The van der Waals surface area contributed by atoms with Gasteiger partial charge in [-0.25, -0.2) is 9.78 Å². The van der Waals surface area contributed by atoms with Gasteiger partial charge in [0.05, 0.1) is 11.6 Å².